The van der Waals surface area contributed by atoms with E-state index in [-0.39, 0.29) is 17.4 Å². The van der Waals surface area contributed by atoms with Crippen molar-refractivity contribution in [3.05, 3.63) is 53.1 Å². The number of carbonyl (C=O) groups excluding carboxylic acids is 1. The topological polar surface area (TPSA) is 71.6 Å². The van der Waals surface area contributed by atoms with Gasteiger partial charge in [0.05, 0.1) is 20.6 Å². The Hall–Kier alpha value is -1.64. The molecule has 0 heterocycles. The first kappa shape index (κ1) is 24.6. The zero-order chi connectivity index (χ0) is 22.3. The van der Waals surface area contributed by atoms with Crippen LogP contribution in [-0.2, 0) is 11.2 Å². The van der Waals surface area contributed by atoms with Crippen molar-refractivity contribution in [2.45, 2.75) is 16.4 Å². The molecule has 2 aromatic carbocycles. The average Bonchev–Trinajstić information content (AvgIpc) is 2.68. The number of amides is 1. The number of alkyl halides is 3. The molecule has 0 aromatic heterocycles. The van der Waals surface area contributed by atoms with Crippen LogP contribution in [-0.4, -0.2) is 35.2 Å². The first-order valence-corrected chi connectivity index (χ1v) is 10.4. The molecule has 0 fully saturated rings. The Morgan fingerprint density at radius 3 is 2.23 bits per heavy atom. The van der Waals surface area contributed by atoms with Crippen molar-refractivity contribution < 1.29 is 14.3 Å². The summed E-state index contributed by atoms with van der Waals surface area (Å²) in [6.07, 6.45) is -1.06. The fourth-order valence-corrected chi connectivity index (χ4v) is 3.11. The summed E-state index contributed by atoms with van der Waals surface area (Å²) in [5, 5.41) is 9.09. The molecule has 3 N–H and O–H groups in total. The maximum Gasteiger partial charge on any atom is 0.228 e. The Bertz CT molecular complexity index is 892. The number of hydrogen-bond donors (Lipinski definition) is 3. The van der Waals surface area contributed by atoms with Crippen LogP contribution < -0.4 is 25.4 Å². The largest absolute Gasteiger partial charge is 0.493 e. The van der Waals surface area contributed by atoms with E-state index in [1.807, 2.05) is 0 Å². The van der Waals surface area contributed by atoms with Crippen LogP contribution in [0.25, 0.3) is 0 Å². The summed E-state index contributed by atoms with van der Waals surface area (Å²) in [5.41, 5.74) is 1.37. The third-order valence-electron chi connectivity index (χ3n) is 3.82. The van der Waals surface area contributed by atoms with E-state index in [4.69, 9.17) is 68.1 Å². The summed E-state index contributed by atoms with van der Waals surface area (Å²) in [4.78, 5) is 12.5. The van der Waals surface area contributed by atoms with Crippen molar-refractivity contribution in [2.24, 2.45) is 0 Å². The highest BCUT2D eigenvalue weighted by atomic mass is 35.6. The number of rotatable bonds is 7. The maximum atomic E-state index is 12.5. The van der Waals surface area contributed by atoms with Gasteiger partial charge in [0.15, 0.2) is 16.6 Å². The van der Waals surface area contributed by atoms with Crippen molar-refractivity contribution in [1.82, 2.24) is 10.6 Å². The summed E-state index contributed by atoms with van der Waals surface area (Å²) in [6, 6.07) is 12.0. The van der Waals surface area contributed by atoms with E-state index >= 15 is 0 Å². The van der Waals surface area contributed by atoms with Crippen LogP contribution in [0.15, 0.2) is 42.5 Å². The molecule has 2 rings (SSSR count). The highest BCUT2D eigenvalue weighted by molar-refractivity contribution is 7.80. The molecule has 0 unspecified atom stereocenters. The molecule has 0 saturated carbocycles. The zero-order valence-corrected chi connectivity index (χ0v) is 19.8. The fourth-order valence-electron chi connectivity index (χ4n) is 2.42. The highest BCUT2D eigenvalue weighted by Gasteiger charge is 2.34. The number of nitrogens with one attached hydrogen (secondary N) is 3. The van der Waals surface area contributed by atoms with Crippen LogP contribution in [0, 0.1) is 0 Å². The van der Waals surface area contributed by atoms with E-state index in [0.717, 1.165) is 0 Å². The third kappa shape index (κ3) is 7.56. The molecule has 6 nitrogen and oxygen atoms in total. The number of ether oxygens (including phenoxy) is 2. The Kier molecular flexibility index (Phi) is 9.12. The third-order valence-corrected chi connectivity index (χ3v) is 4.95. The standard InChI is InChI=1S/C19H19Cl4N3O3S/c1-28-14-8-3-11(9-15(14)29-2)10-16(27)25-17(19(21,22)23)26-18(30)24-13-6-4-12(20)5-7-13/h3-9,17H,10H2,1-2H3,(H,25,27)(H2,24,26,30)/t17-/m0/s1. The van der Waals surface area contributed by atoms with E-state index in [2.05, 4.69) is 16.0 Å². The molecule has 0 bridgehead atoms. The summed E-state index contributed by atoms with van der Waals surface area (Å²) in [7, 11) is 3.04. The second-order valence-corrected chi connectivity index (χ2v) is 9.23. The average molecular weight is 511 g/mol. The zero-order valence-electron chi connectivity index (χ0n) is 16.0. The predicted octanol–water partition coefficient (Wildman–Crippen LogP) is 4.70. The fraction of sp³-hybridized carbons (Fsp3) is 0.263. The van der Waals surface area contributed by atoms with Crippen molar-refractivity contribution in [3.63, 3.8) is 0 Å². The Morgan fingerprint density at radius 1 is 1.03 bits per heavy atom. The van der Waals surface area contributed by atoms with Gasteiger partial charge < -0.3 is 25.4 Å². The van der Waals surface area contributed by atoms with Gasteiger partial charge in [-0.05, 0) is 54.2 Å². The second kappa shape index (κ2) is 11.1. The summed E-state index contributed by atoms with van der Waals surface area (Å²) in [6.45, 7) is 0. The Balaban J connectivity index is 2.02. The lowest BCUT2D eigenvalue weighted by molar-refractivity contribution is -0.121. The number of thiocarbonyl (C=S) groups is 1. The molecule has 30 heavy (non-hydrogen) atoms. The second-order valence-electron chi connectivity index (χ2n) is 6.01. The van der Waals surface area contributed by atoms with Crippen molar-refractivity contribution in [1.29, 1.82) is 0 Å². The molecular weight excluding hydrogens is 492 g/mol. The van der Waals surface area contributed by atoms with Gasteiger partial charge in [-0.1, -0.05) is 52.5 Å². The lowest BCUT2D eigenvalue weighted by Gasteiger charge is -2.28. The number of hydrogen-bond acceptors (Lipinski definition) is 4. The van der Waals surface area contributed by atoms with Gasteiger partial charge in [-0.25, -0.2) is 0 Å². The molecule has 0 saturated heterocycles. The normalized spacial score (nSPS) is 11.9. The van der Waals surface area contributed by atoms with E-state index in [0.29, 0.717) is 27.8 Å². The first-order valence-electron chi connectivity index (χ1n) is 8.52. The molecule has 2 aromatic rings. The highest BCUT2D eigenvalue weighted by Crippen LogP contribution is 2.30. The molecule has 0 aliphatic carbocycles. The SMILES string of the molecule is COc1ccc(CC(=O)N[C@@H](NC(=S)Nc2ccc(Cl)cc2)C(Cl)(Cl)Cl)cc1OC. The molecule has 1 atom stereocenters. The van der Waals surface area contributed by atoms with E-state index in [1.54, 1.807) is 42.5 Å². The van der Waals surface area contributed by atoms with Crippen LogP contribution in [0.2, 0.25) is 5.02 Å². The number of halogens is 4. The number of carbonyl (C=O) groups is 1. The van der Waals surface area contributed by atoms with Crippen LogP contribution in [0.4, 0.5) is 5.69 Å². The minimum Gasteiger partial charge on any atom is -0.493 e. The summed E-state index contributed by atoms with van der Waals surface area (Å²) < 4.78 is 8.57. The molecule has 0 aliphatic rings. The minimum absolute atomic E-state index is 0.0245. The van der Waals surface area contributed by atoms with Gasteiger partial charge in [-0.15, -0.1) is 0 Å². The number of benzene rings is 2. The molecular formula is C19H19Cl4N3O3S. The van der Waals surface area contributed by atoms with Crippen LogP contribution in [0.5, 0.6) is 11.5 Å². The van der Waals surface area contributed by atoms with Crippen molar-refractivity contribution >= 4 is 75.3 Å². The van der Waals surface area contributed by atoms with Gasteiger partial charge >= 0.3 is 0 Å². The molecule has 0 radical (unpaired) electrons. The summed E-state index contributed by atoms with van der Waals surface area (Å²) in [5.74, 6) is 0.675. The molecule has 0 aliphatic heterocycles. The lowest BCUT2D eigenvalue weighted by atomic mass is 10.1. The Labute approximate surface area is 200 Å². The number of anilines is 1. The quantitative estimate of drug-likeness (QED) is 0.285. The van der Waals surface area contributed by atoms with Gasteiger partial charge in [-0.2, -0.15) is 0 Å². The van der Waals surface area contributed by atoms with Gasteiger partial charge in [0.1, 0.15) is 6.17 Å². The smallest absolute Gasteiger partial charge is 0.228 e. The van der Waals surface area contributed by atoms with E-state index in [1.165, 1.54) is 14.2 Å². The van der Waals surface area contributed by atoms with Gasteiger partial charge in [0, 0.05) is 10.7 Å². The van der Waals surface area contributed by atoms with Gasteiger partial charge in [0.2, 0.25) is 9.70 Å². The van der Waals surface area contributed by atoms with Crippen LogP contribution in [0.3, 0.4) is 0 Å². The number of methoxy groups -OCH3 is 2. The molecule has 162 valence electrons. The lowest BCUT2D eigenvalue weighted by Crippen LogP contribution is -2.56. The van der Waals surface area contributed by atoms with Gasteiger partial charge in [0.25, 0.3) is 0 Å². The van der Waals surface area contributed by atoms with Crippen molar-refractivity contribution in [2.75, 3.05) is 19.5 Å². The van der Waals surface area contributed by atoms with E-state index < -0.39 is 9.96 Å². The molecule has 1 amide bonds. The molecule has 11 heteroatoms. The minimum atomic E-state index is -1.86. The Morgan fingerprint density at radius 2 is 1.67 bits per heavy atom. The van der Waals surface area contributed by atoms with Crippen LogP contribution >= 0.6 is 58.6 Å². The monoisotopic (exact) mass is 509 g/mol. The van der Waals surface area contributed by atoms with Gasteiger partial charge in [-0.3, -0.25) is 4.79 Å². The van der Waals surface area contributed by atoms with Crippen molar-refractivity contribution in [3.8, 4) is 11.5 Å². The predicted molar refractivity (Wildman–Crippen MR) is 126 cm³/mol. The first-order chi connectivity index (χ1) is 14.1. The maximum absolute atomic E-state index is 12.5. The summed E-state index contributed by atoms with van der Waals surface area (Å²) >= 11 is 29.1. The molecule has 0 spiro atoms. The van der Waals surface area contributed by atoms with E-state index in [9.17, 15) is 4.79 Å². The van der Waals surface area contributed by atoms with Crippen LogP contribution in [0.1, 0.15) is 5.56 Å².